The highest BCUT2D eigenvalue weighted by Crippen LogP contribution is 2.45. The summed E-state index contributed by atoms with van der Waals surface area (Å²) in [6.45, 7) is 1.60. The van der Waals surface area contributed by atoms with E-state index in [2.05, 4.69) is 34.3 Å². The molecule has 3 rings (SSSR count). The van der Waals surface area contributed by atoms with Crippen molar-refractivity contribution >= 4 is 27.5 Å². The van der Waals surface area contributed by atoms with Crippen LogP contribution in [0.3, 0.4) is 0 Å². The molecule has 1 unspecified atom stereocenters. The zero-order valence-corrected chi connectivity index (χ0v) is 19.9. The molecule has 0 fully saturated rings. The molecular weight excluding hydrogens is 428 g/mol. The van der Waals surface area contributed by atoms with Crippen LogP contribution in [0, 0.1) is 6.92 Å². The Bertz CT molecular complexity index is 1090. The predicted octanol–water partition coefficient (Wildman–Crippen LogP) is 3.89. The van der Waals surface area contributed by atoms with E-state index >= 15 is 0 Å². The number of anilines is 1. The quantitative estimate of drug-likeness (QED) is 0.579. The molecule has 0 aliphatic carbocycles. The van der Waals surface area contributed by atoms with Crippen LogP contribution in [0.25, 0.3) is 0 Å². The second-order valence-corrected chi connectivity index (χ2v) is 12.2. The van der Waals surface area contributed by atoms with Crippen molar-refractivity contribution in [3.8, 4) is 5.75 Å². The average Bonchev–Trinajstić information content (AvgIpc) is 3.19. The van der Waals surface area contributed by atoms with Crippen LogP contribution >= 0.6 is 10.0 Å². The van der Waals surface area contributed by atoms with Gasteiger partial charge in [-0.15, -0.1) is 10.2 Å². The van der Waals surface area contributed by atoms with Gasteiger partial charge in [0.1, 0.15) is 11.8 Å². The molecule has 9 heteroatoms. The Hall–Kier alpha value is -3.33. The Morgan fingerprint density at radius 2 is 1.66 bits per heavy atom. The third kappa shape index (κ3) is 5.28. The maximum atomic E-state index is 13.3. The molecule has 8 nitrogen and oxygen atoms in total. The first-order chi connectivity index (χ1) is 15.1. The third-order valence-corrected chi connectivity index (χ3v) is 6.61. The fourth-order valence-electron chi connectivity index (χ4n) is 3.15. The number of hydrogen-bond donors (Lipinski definition) is 1. The van der Waals surface area contributed by atoms with E-state index in [1.54, 1.807) is 38.3 Å². The molecule has 0 spiro atoms. The van der Waals surface area contributed by atoms with Crippen molar-refractivity contribution in [1.29, 1.82) is 0 Å². The highest BCUT2D eigenvalue weighted by molar-refractivity contribution is 8.32. The van der Waals surface area contributed by atoms with Crippen LogP contribution in [-0.4, -0.2) is 59.8 Å². The van der Waals surface area contributed by atoms with Crippen molar-refractivity contribution in [1.82, 2.24) is 15.1 Å². The molecule has 0 radical (unpaired) electrons. The lowest BCUT2D eigenvalue weighted by atomic mass is 10.0. The van der Waals surface area contributed by atoms with Gasteiger partial charge in [0.2, 0.25) is 5.89 Å². The van der Waals surface area contributed by atoms with Crippen LogP contribution in [0.15, 0.2) is 57.8 Å². The first kappa shape index (κ1) is 23.3. The lowest BCUT2D eigenvalue weighted by Gasteiger charge is -2.27. The van der Waals surface area contributed by atoms with Crippen LogP contribution < -0.4 is 10.1 Å². The van der Waals surface area contributed by atoms with Gasteiger partial charge < -0.3 is 19.4 Å². The summed E-state index contributed by atoms with van der Waals surface area (Å²) in [5, 5.41) is 10.4. The first-order valence-electron chi connectivity index (χ1n) is 9.90. The van der Waals surface area contributed by atoms with E-state index < -0.39 is 22.0 Å². The third-order valence-electron chi connectivity index (χ3n) is 4.93. The minimum absolute atomic E-state index is 0.172. The van der Waals surface area contributed by atoms with Gasteiger partial charge in [-0.3, -0.25) is 9.59 Å². The van der Waals surface area contributed by atoms with Crippen LogP contribution in [0.5, 0.6) is 5.75 Å². The standard InChI is InChI=1S/C23H28N4O4S/c1-15-25-26-22(31-15)23(29)27(2)20(16-7-11-18(30-3)12-8-16)21(28)24-17-9-13-19(14-10-17)32(4,5)6/h7-14,20H,1-6H3,(H,24,28). The smallest absolute Gasteiger partial charge is 0.312 e. The lowest BCUT2D eigenvalue weighted by molar-refractivity contribution is -0.120. The molecule has 0 saturated carbocycles. The van der Waals surface area contributed by atoms with Gasteiger partial charge >= 0.3 is 11.8 Å². The second kappa shape index (κ2) is 9.44. The summed E-state index contributed by atoms with van der Waals surface area (Å²) >= 11 is 0. The summed E-state index contributed by atoms with van der Waals surface area (Å²) in [7, 11) is 2.23. The van der Waals surface area contributed by atoms with Gasteiger partial charge in [0.15, 0.2) is 0 Å². The van der Waals surface area contributed by atoms with E-state index in [1.165, 1.54) is 16.8 Å². The monoisotopic (exact) mass is 456 g/mol. The molecule has 0 bridgehead atoms. The van der Waals surface area contributed by atoms with E-state index in [9.17, 15) is 9.59 Å². The molecular formula is C23H28N4O4S. The first-order valence-corrected chi connectivity index (χ1v) is 12.8. The Morgan fingerprint density at radius 3 is 2.16 bits per heavy atom. The van der Waals surface area contributed by atoms with Crippen molar-refractivity contribution in [3.63, 3.8) is 0 Å². The van der Waals surface area contributed by atoms with Crippen LogP contribution in [-0.2, 0) is 4.79 Å². The lowest BCUT2D eigenvalue weighted by Crippen LogP contribution is -2.38. The van der Waals surface area contributed by atoms with E-state index in [4.69, 9.17) is 9.15 Å². The number of carbonyl (C=O) groups excluding carboxylic acids is 2. The summed E-state index contributed by atoms with van der Waals surface area (Å²) in [5.74, 6) is -0.164. The molecule has 2 aromatic carbocycles. The van der Waals surface area contributed by atoms with Crippen LogP contribution in [0.2, 0.25) is 0 Å². The van der Waals surface area contributed by atoms with Gasteiger partial charge in [0.05, 0.1) is 7.11 Å². The number of rotatable bonds is 7. The second-order valence-electron chi connectivity index (χ2n) is 8.07. The minimum atomic E-state index is -0.923. The fourth-order valence-corrected chi connectivity index (χ4v) is 4.10. The zero-order chi connectivity index (χ0) is 23.5. The summed E-state index contributed by atoms with van der Waals surface area (Å²) in [4.78, 5) is 28.8. The van der Waals surface area contributed by atoms with E-state index in [0.29, 0.717) is 17.0 Å². The van der Waals surface area contributed by atoms with Crippen LogP contribution in [0.4, 0.5) is 5.69 Å². The largest absolute Gasteiger partial charge is 0.497 e. The number of nitrogens with one attached hydrogen (secondary N) is 1. The molecule has 3 aromatic rings. The summed E-state index contributed by atoms with van der Waals surface area (Å²) in [6.07, 6.45) is 6.63. The van der Waals surface area contributed by atoms with Crippen molar-refractivity contribution < 1.29 is 18.7 Å². The zero-order valence-electron chi connectivity index (χ0n) is 19.1. The van der Waals surface area contributed by atoms with Crippen molar-refractivity contribution in [2.24, 2.45) is 0 Å². The van der Waals surface area contributed by atoms with Crippen molar-refractivity contribution in [3.05, 3.63) is 65.9 Å². The number of aromatic nitrogens is 2. The molecule has 1 aromatic heterocycles. The highest BCUT2D eigenvalue weighted by atomic mass is 32.3. The molecule has 1 atom stereocenters. The Labute approximate surface area is 189 Å². The predicted molar refractivity (Wildman–Crippen MR) is 126 cm³/mol. The van der Waals surface area contributed by atoms with Crippen molar-refractivity contribution in [2.75, 3.05) is 38.2 Å². The van der Waals surface area contributed by atoms with Crippen LogP contribution in [0.1, 0.15) is 28.2 Å². The average molecular weight is 457 g/mol. The summed E-state index contributed by atoms with van der Waals surface area (Å²) in [5.41, 5.74) is 1.27. The molecule has 32 heavy (non-hydrogen) atoms. The van der Waals surface area contributed by atoms with Gasteiger partial charge in [-0.1, -0.05) is 12.1 Å². The number of benzene rings is 2. The fraction of sp³-hybridized carbons (Fsp3) is 0.304. The number of ether oxygens (including phenoxy) is 1. The van der Waals surface area contributed by atoms with Gasteiger partial charge in [-0.25, -0.2) is 10.0 Å². The van der Waals surface area contributed by atoms with Crippen molar-refractivity contribution in [2.45, 2.75) is 17.9 Å². The number of likely N-dealkylation sites (N-methyl/N-ethyl adjacent to an activating group) is 1. The molecule has 170 valence electrons. The molecule has 0 aliphatic heterocycles. The van der Waals surface area contributed by atoms with E-state index in [-0.39, 0.29) is 17.7 Å². The van der Waals surface area contributed by atoms with E-state index in [1.807, 2.05) is 24.3 Å². The number of methoxy groups -OCH3 is 1. The SMILES string of the molecule is COc1ccc(C(C(=O)Nc2ccc(S(C)(C)C)cc2)N(C)C(=O)c2nnc(C)o2)cc1. The Balaban J connectivity index is 1.90. The van der Waals surface area contributed by atoms with Gasteiger partial charge in [-0.2, -0.15) is 0 Å². The normalized spacial score (nSPS) is 12.7. The summed E-state index contributed by atoms with van der Waals surface area (Å²) < 4.78 is 10.5. The number of nitrogens with zero attached hydrogens (tertiary/aromatic N) is 3. The maximum Gasteiger partial charge on any atom is 0.312 e. The summed E-state index contributed by atoms with van der Waals surface area (Å²) in [6, 6.07) is 13.8. The van der Waals surface area contributed by atoms with E-state index in [0.717, 1.165) is 0 Å². The number of aryl methyl sites for hydroxylation is 1. The highest BCUT2D eigenvalue weighted by Gasteiger charge is 2.32. The Morgan fingerprint density at radius 1 is 1.03 bits per heavy atom. The number of amides is 2. The Kier molecular flexibility index (Phi) is 6.88. The van der Waals surface area contributed by atoms with Gasteiger partial charge in [-0.05, 0) is 65.6 Å². The molecule has 0 aliphatic rings. The van der Waals surface area contributed by atoms with Gasteiger partial charge in [0, 0.05) is 19.7 Å². The minimum Gasteiger partial charge on any atom is -0.497 e. The van der Waals surface area contributed by atoms with Gasteiger partial charge in [0.25, 0.3) is 5.91 Å². The molecule has 0 saturated heterocycles. The number of hydrogen-bond acceptors (Lipinski definition) is 6. The molecule has 1 N–H and O–H groups in total. The molecule has 2 amide bonds. The topological polar surface area (TPSA) is 97.6 Å². The molecule has 1 heterocycles. The number of carbonyl (C=O) groups is 2. The maximum absolute atomic E-state index is 13.3.